The fraction of sp³-hybridized carbons (Fsp3) is 0.588. The zero-order valence-electron chi connectivity index (χ0n) is 13.2. The average Bonchev–Trinajstić information content (AvgIpc) is 2.41. The number of ether oxygens (including phenoxy) is 1. The van der Waals surface area contributed by atoms with Gasteiger partial charge >= 0.3 is 0 Å². The molecule has 0 spiro atoms. The number of amides is 1. The van der Waals surface area contributed by atoms with Crippen LogP contribution in [0.1, 0.15) is 50.4 Å². The lowest BCUT2D eigenvalue weighted by Crippen LogP contribution is -2.36. The molecular formula is C17H23ClFNO2. The van der Waals surface area contributed by atoms with Gasteiger partial charge in [-0.05, 0) is 36.7 Å². The Labute approximate surface area is 136 Å². The summed E-state index contributed by atoms with van der Waals surface area (Å²) in [7, 11) is 0. The minimum Gasteiger partial charge on any atom is -0.488 e. The first kappa shape index (κ1) is 17.1. The lowest BCUT2D eigenvalue weighted by atomic mass is 9.75. The van der Waals surface area contributed by atoms with Crippen LogP contribution in [0.4, 0.5) is 4.39 Å². The summed E-state index contributed by atoms with van der Waals surface area (Å²) in [6.45, 7) is 6.55. The number of carbonyl (C=O) groups excluding carboxylic acids is 1. The van der Waals surface area contributed by atoms with Gasteiger partial charge in [0.15, 0.2) is 0 Å². The topological polar surface area (TPSA) is 52.3 Å². The molecule has 3 unspecified atom stereocenters. The molecule has 2 rings (SSSR count). The van der Waals surface area contributed by atoms with Crippen molar-refractivity contribution in [3.8, 4) is 5.75 Å². The first-order valence-corrected chi connectivity index (χ1v) is 8.12. The summed E-state index contributed by atoms with van der Waals surface area (Å²) in [4.78, 5) is 11.1. The van der Waals surface area contributed by atoms with Gasteiger partial charge in [-0.1, -0.05) is 38.8 Å². The van der Waals surface area contributed by atoms with Crippen LogP contribution in [0.15, 0.2) is 12.1 Å². The second-order valence-electron chi connectivity index (χ2n) is 6.61. The molecule has 0 aromatic heterocycles. The summed E-state index contributed by atoms with van der Waals surface area (Å²) in [5.74, 6) is 0.244. The minimum atomic E-state index is -0.836. The molecular weight excluding hydrogens is 305 g/mol. The highest BCUT2D eigenvalue weighted by Gasteiger charge is 2.32. The average molecular weight is 328 g/mol. The standard InChI is InChI=1S/C17H23ClFNO2/c1-9(2)11-5-4-10(3)6-15(11)22-16-8-14(19)12(17(20)21)7-13(16)18/h7-11,15H,4-6H2,1-3H3,(H2,20,21). The fourth-order valence-electron chi connectivity index (χ4n) is 3.22. The predicted octanol–water partition coefficient (Wildman–Crippen LogP) is 4.42. The molecule has 1 aromatic rings. The Kier molecular flexibility index (Phi) is 5.32. The maximum absolute atomic E-state index is 13.9. The Balaban J connectivity index is 2.24. The molecule has 5 heteroatoms. The smallest absolute Gasteiger partial charge is 0.251 e. The van der Waals surface area contributed by atoms with Gasteiger partial charge < -0.3 is 10.5 Å². The summed E-state index contributed by atoms with van der Waals surface area (Å²) in [5.41, 5.74) is 4.91. The summed E-state index contributed by atoms with van der Waals surface area (Å²) in [6.07, 6.45) is 3.23. The van der Waals surface area contributed by atoms with Gasteiger partial charge in [0.25, 0.3) is 5.91 Å². The van der Waals surface area contributed by atoms with Crippen molar-refractivity contribution in [2.24, 2.45) is 23.5 Å². The normalized spacial score (nSPS) is 25.3. The number of hydrogen-bond acceptors (Lipinski definition) is 2. The zero-order valence-corrected chi connectivity index (χ0v) is 14.0. The van der Waals surface area contributed by atoms with Crippen LogP contribution in [-0.2, 0) is 0 Å². The first-order valence-electron chi connectivity index (χ1n) is 7.75. The summed E-state index contributed by atoms with van der Waals surface area (Å²) < 4.78 is 19.9. The highest BCUT2D eigenvalue weighted by atomic mass is 35.5. The molecule has 22 heavy (non-hydrogen) atoms. The van der Waals surface area contributed by atoms with Crippen LogP contribution in [0.2, 0.25) is 5.02 Å². The Hall–Kier alpha value is -1.29. The number of rotatable bonds is 4. The lowest BCUT2D eigenvalue weighted by Gasteiger charge is -2.37. The molecule has 1 aliphatic rings. The van der Waals surface area contributed by atoms with Gasteiger partial charge in [-0.2, -0.15) is 0 Å². The van der Waals surface area contributed by atoms with E-state index >= 15 is 0 Å². The van der Waals surface area contributed by atoms with Crippen LogP contribution >= 0.6 is 11.6 Å². The van der Waals surface area contributed by atoms with Gasteiger partial charge in [-0.25, -0.2) is 4.39 Å². The first-order chi connectivity index (χ1) is 10.3. The van der Waals surface area contributed by atoms with E-state index in [0.29, 0.717) is 17.8 Å². The van der Waals surface area contributed by atoms with E-state index in [0.717, 1.165) is 12.8 Å². The van der Waals surface area contributed by atoms with Crippen molar-refractivity contribution in [2.45, 2.75) is 46.1 Å². The molecule has 2 N–H and O–H groups in total. The fourth-order valence-corrected chi connectivity index (χ4v) is 3.43. The summed E-state index contributed by atoms with van der Waals surface area (Å²) >= 11 is 6.13. The van der Waals surface area contributed by atoms with Crippen LogP contribution in [0.3, 0.4) is 0 Å². The quantitative estimate of drug-likeness (QED) is 0.890. The minimum absolute atomic E-state index is 0.0140. The third kappa shape index (κ3) is 3.72. The molecule has 1 aliphatic carbocycles. The molecule has 0 heterocycles. The van der Waals surface area contributed by atoms with E-state index in [4.69, 9.17) is 22.1 Å². The molecule has 122 valence electrons. The number of hydrogen-bond donors (Lipinski definition) is 1. The highest BCUT2D eigenvalue weighted by Crippen LogP contribution is 2.38. The number of carbonyl (C=O) groups is 1. The second kappa shape index (κ2) is 6.86. The molecule has 3 atom stereocenters. The van der Waals surface area contributed by atoms with Crippen molar-refractivity contribution in [3.63, 3.8) is 0 Å². The van der Waals surface area contributed by atoms with Crippen molar-refractivity contribution in [1.29, 1.82) is 0 Å². The molecule has 1 fully saturated rings. The van der Waals surface area contributed by atoms with E-state index in [9.17, 15) is 9.18 Å². The van der Waals surface area contributed by atoms with Crippen LogP contribution in [-0.4, -0.2) is 12.0 Å². The number of primary amides is 1. The van der Waals surface area contributed by atoms with Gasteiger partial charge in [0.05, 0.1) is 10.6 Å². The van der Waals surface area contributed by atoms with E-state index in [1.54, 1.807) is 0 Å². The largest absolute Gasteiger partial charge is 0.488 e. The Morgan fingerprint density at radius 1 is 1.41 bits per heavy atom. The van der Waals surface area contributed by atoms with E-state index in [1.165, 1.54) is 18.6 Å². The number of halogens is 2. The van der Waals surface area contributed by atoms with Gasteiger partial charge in [0, 0.05) is 6.07 Å². The Morgan fingerprint density at radius 2 is 2.09 bits per heavy atom. The molecule has 1 aromatic carbocycles. The molecule has 0 saturated heterocycles. The van der Waals surface area contributed by atoms with Crippen molar-refractivity contribution in [2.75, 3.05) is 0 Å². The van der Waals surface area contributed by atoms with Crippen molar-refractivity contribution < 1.29 is 13.9 Å². The zero-order chi connectivity index (χ0) is 16.4. The van der Waals surface area contributed by atoms with Crippen molar-refractivity contribution in [1.82, 2.24) is 0 Å². The van der Waals surface area contributed by atoms with Crippen LogP contribution < -0.4 is 10.5 Å². The van der Waals surface area contributed by atoms with E-state index in [2.05, 4.69) is 20.8 Å². The van der Waals surface area contributed by atoms with Crippen LogP contribution in [0.25, 0.3) is 0 Å². The lowest BCUT2D eigenvalue weighted by molar-refractivity contribution is 0.0458. The molecule has 0 radical (unpaired) electrons. The molecule has 0 aliphatic heterocycles. The van der Waals surface area contributed by atoms with Gasteiger partial charge in [0.2, 0.25) is 0 Å². The summed E-state index contributed by atoms with van der Waals surface area (Å²) in [6, 6.07) is 2.41. The highest BCUT2D eigenvalue weighted by molar-refractivity contribution is 6.32. The van der Waals surface area contributed by atoms with E-state index in [-0.39, 0.29) is 22.4 Å². The van der Waals surface area contributed by atoms with Gasteiger partial charge in [0.1, 0.15) is 17.7 Å². The summed E-state index contributed by atoms with van der Waals surface area (Å²) in [5, 5.41) is 0.218. The maximum Gasteiger partial charge on any atom is 0.251 e. The third-order valence-corrected chi connectivity index (χ3v) is 4.82. The van der Waals surface area contributed by atoms with Crippen LogP contribution in [0.5, 0.6) is 5.75 Å². The third-order valence-electron chi connectivity index (χ3n) is 4.53. The van der Waals surface area contributed by atoms with Gasteiger partial charge in [-0.15, -0.1) is 0 Å². The number of nitrogens with two attached hydrogens (primary N) is 1. The predicted molar refractivity (Wildman–Crippen MR) is 85.7 cm³/mol. The molecule has 3 nitrogen and oxygen atoms in total. The van der Waals surface area contributed by atoms with Gasteiger partial charge in [-0.3, -0.25) is 4.79 Å². The SMILES string of the molecule is CC1CCC(C(C)C)C(Oc2cc(F)c(C(N)=O)cc2Cl)C1. The van der Waals surface area contributed by atoms with E-state index in [1.807, 2.05) is 0 Å². The van der Waals surface area contributed by atoms with Crippen molar-refractivity contribution >= 4 is 17.5 Å². The molecule has 1 saturated carbocycles. The van der Waals surface area contributed by atoms with E-state index < -0.39 is 11.7 Å². The molecule has 1 amide bonds. The molecule has 0 bridgehead atoms. The monoisotopic (exact) mass is 327 g/mol. The van der Waals surface area contributed by atoms with Crippen molar-refractivity contribution in [3.05, 3.63) is 28.5 Å². The Bertz CT molecular complexity index is 562. The Morgan fingerprint density at radius 3 is 2.68 bits per heavy atom. The maximum atomic E-state index is 13.9. The number of benzene rings is 1. The van der Waals surface area contributed by atoms with Crippen LogP contribution in [0, 0.1) is 23.6 Å². The second-order valence-corrected chi connectivity index (χ2v) is 7.02.